The van der Waals surface area contributed by atoms with Crippen LogP contribution < -0.4 is 0 Å². The third-order valence-corrected chi connectivity index (χ3v) is 1.73. The van der Waals surface area contributed by atoms with Crippen molar-refractivity contribution in [2.75, 3.05) is 7.11 Å². The fourth-order valence-corrected chi connectivity index (χ4v) is 1.06. The predicted octanol–water partition coefficient (Wildman–Crippen LogP) is 2.53. The molecule has 1 aromatic rings. The number of methoxy groups -OCH3 is 1. The second-order valence-electron chi connectivity index (χ2n) is 2.04. The molecule has 0 N–H and O–H groups in total. The smallest absolute Gasteiger partial charge is 0.134 e. The van der Waals surface area contributed by atoms with Gasteiger partial charge in [0.05, 0.1) is 11.6 Å². The number of hydrogen-bond acceptors (Lipinski definition) is 2. The Bertz CT molecular complexity index is 252. The minimum Gasteiger partial charge on any atom is -0.380 e. The van der Waals surface area contributed by atoms with Crippen molar-refractivity contribution in [2.24, 2.45) is 0 Å². The van der Waals surface area contributed by atoms with Gasteiger partial charge in [0.1, 0.15) is 5.15 Å². The monoisotopic (exact) mass is 191 g/mol. The van der Waals surface area contributed by atoms with E-state index < -0.39 is 0 Å². The van der Waals surface area contributed by atoms with E-state index in [9.17, 15) is 0 Å². The molecule has 1 aromatic heterocycles. The summed E-state index contributed by atoms with van der Waals surface area (Å²) in [4.78, 5) is 3.85. The molecule has 0 aromatic carbocycles. The van der Waals surface area contributed by atoms with Crippen LogP contribution in [0.4, 0.5) is 0 Å². The Morgan fingerprint density at radius 2 is 2.27 bits per heavy atom. The highest BCUT2D eigenvalue weighted by atomic mass is 35.5. The molecule has 0 aliphatic heterocycles. The molecule has 1 heterocycles. The molecule has 0 radical (unpaired) electrons. The van der Waals surface area contributed by atoms with Crippen molar-refractivity contribution in [1.29, 1.82) is 0 Å². The van der Waals surface area contributed by atoms with Gasteiger partial charge in [-0.15, -0.1) is 0 Å². The van der Waals surface area contributed by atoms with Gasteiger partial charge in [-0.25, -0.2) is 4.98 Å². The number of rotatable bonds is 2. The number of halogens is 2. The van der Waals surface area contributed by atoms with E-state index in [1.165, 1.54) is 6.20 Å². The molecule has 0 amide bonds. The van der Waals surface area contributed by atoms with Crippen LogP contribution in [0.3, 0.4) is 0 Å². The average molecular weight is 192 g/mol. The van der Waals surface area contributed by atoms with Crippen LogP contribution in [0.15, 0.2) is 12.3 Å². The van der Waals surface area contributed by atoms with Crippen LogP contribution in [0.25, 0.3) is 0 Å². The highest BCUT2D eigenvalue weighted by Gasteiger charge is 2.00. The maximum Gasteiger partial charge on any atom is 0.134 e. The summed E-state index contributed by atoms with van der Waals surface area (Å²) in [6, 6.07) is 1.74. The van der Waals surface area contributed by atoms with E-state index in [4.69, 9.17) is 27.9 Å². The molecule has 2 nitrogen and oxygen atoms in total. The van der Waals surface area contributed by atoms with Gasteiger partial charge in [0, 0.05) is 18.9 Å². The van der Waals surface area contributed by atoms with Crippen molar-refractivity contribution >= 4 is 23.2 Å². The van der Waals surface area contributed by atoms with Crippen molar-refractivity contribution in [3.63, 3.8) is 0 Å². The largest absolute Gasteiger partial charge is 0.380 e. The van der Waals surface area contributed by atoms with Crippen LogP contribution in [0, 0.1) is 0 Å². The predicted molar refractivity (Wildman–Crippen MR) is 45.0 cm³/mol. The maximum atomic E-state index is 5.73. The summed E-state index contributed by atoms with van der Waals surface area (Å²) in [6.45, 7) is 0.437. The normalized spacial score (nSPS) is 10.1. The Hall–Kier alpha value is -0.310. The van der Waals surface area contributed by atoms with Gasteiger partial charge in [0.25, 0.3) is 0 Å². The van der Waals surface area contributed by atoms with E-state index in [0.717, 1.165) is 5.56 Å². The lowest BCUT2D eigenvalue weighted by Crippen LogP contribution is -1.90. The van der Waals surface area contributed by atoms with Crippen LogP contribution in [-0.2, 0) is 11.3 Å². The molecule has 0 spiro atoms. The first-order chi connectivity index (χ1) is 5.24. The summed E-state index contributed by atoms with van der Waals surface area (Å²) in [5.41, 5.74) is 0.807. The molecule has 1 rings (SSSR count). The van der Waals surface area contributed by atoms with Crippen molar-refractivity contribution < 1.29 is 4.74 Å². The van der Waals surface area contributed by atoms with Crippen LogP contribution in [0.5, 0.6) is 0 Å². The average Bonchev–Trinajstić information content (AvgIpc) is 1.98. The maximum absolute atomic E-state index is 5.73. The Kier molecular flexibility index (Phi) is 3.12. The number of aromatic nitrogens is 1. The summed E-state index contributed by atoms with van der Waals surface area (Å²) in [5.74, 6) is 0. The van der Waals surface area contributed by atoms with Gasteiger partial charge in [-0.05, 0) is 6.07 Å². The number of ether oxygens (including phenoxy) is 1. The summed E-state index contributed by atoms with van der Waals surface area (Å²) >= 11 is 11.4. The van der Waals surface area contributed by atoms with E-state index in [1.54, 1.807) is 13.2 Å². The first-order valence-corrected chi connectivity index (χ1v) is 3.78. The van der Waals surface area contributed by atoms with Crippen LogP contribution in [-0.4, -0.2) is 12.1 Å². The molecular weight excluding hydrogens is 185 g/mol. The third kappa shape index (κ3) is 2.33. The van der Waals surface area contributed by atoms with Crippen molar-refractivity contribution in [2.45, 2.75) is 6.61 Å². The lowest BCUT2D eigenvalue weighted by atomic mass is 10.3. The van der Waals surface area contributed by atoms with E-state index in [1.807, 2.05) is 0 Å². The molecule has 0 aliphatic carbocycles. The van der Waals surface area contributed by atoms with Crippen molar-refractivity contribution in [3.05, 3.63) is 28.0 Å². The van der Waals surface area contributed by atoms with Gasteiger partial charge in [-0.3, -0.25) is 0 Å². The van der Waals surface area contributed by atoms with Gasteiger partial charge >= 0.3 is 0 Å². The summed E-state index contributed by atoms with van der Waals surface area (Å²) in [7, 11) is 1.59. The second kappa shape index (κ2) is 3.90. The molecule has 11 heavy (non-hydrogen) atoms. The van der Waals surface area contributed by atoms with Crippen molar-refractivity contribution in [1.82, 2.24) is 4.98 Å². The van der Waals surface area contributed by atoms with Crippen molar-refractivity contribution in [3.8, 4) is 0 Å². The molecular formula is C7H7Cl2NO. The first kappa shape index (κ1) is 8.78. The summed E-state index contributed by atoms with van der Waals surface area (Å²) in [5, 5.41) is 1.01. The van der Waals surface area contributed by atoms with Crippen LogP contribution >= 0.6 is 23.2 Å². The standard InChI is InChI=1S/C7H7Cl2NO/c1-11-4-5-2-6(8)3-10-7(5)9/h2-3H,4H2,1H3. The Morgan fingerprint density at radius 1 is 1.55 bits per heavy atom. The highest BCUT2D eigenvalue weighted by Crippen LogP contribution is 2.17. The lowest BCUT2D eigenvalue weighted by molar-refractivity contribution is 0.184. The quantitative estimate of drug-likeness (QED) is 0.671. The van der Waals surface area contributed by atoms with Gasteiger partial charge in [0.2, 0.25) is 0 Å². The minimum absolute atomic E-state index is 0.437. The highest BCUT2D eigenvalue weighted by molar-refractivity contribution is 6.32. The molecule has 60 valence electrons. The number of hydrogen-bond donors (Lipinski definition) is 0. The second-order valence-corrected chi connectivity index (χ2v) is 2.83. The molecule has 4 heteroatoms. The molecule has 0 bridgehead atoms. The number of nitrogens with zero attached hydrogens (tertiary/aromatic N) is 1. The van der Waals surface area contributed by atoms with Crippen LogP contribution in [0.1, 0.15) is 5.56 Å². The zero-order valence-corrected chi connectivity index (χ0v) is 7.49. The van der Waals surface area contributed by atoms with E-state index in [-0.39, 0.29) is 0 Å². The number of pyridine rings is 1. The molecule has 0 aliphatic rings. The minimum atomic E-state index is 0.437. The summed E-state index contributed by atoms with van der Waals surface area (Å²) in [6.07, 6.45) is 1.50. The SMILES string of the molecule is COCc1cc(Cl)cnc1Cl. The van der Waals surface area contributed by atoms with E-state index in [2.05, 4.69) is 4.98 Å². The van der Waals surface area contributed by atoms with E-state index in [0.29, 0.717) is 16.8 Å². The third-order valence-electron chi connectivity index (χ3n) is 1.18. The fraction of sp³-hybridized carbons (Fsp3) is 0.286. The zero-order chi connectivity index (χ0) is 8.27. The first-order valence-electron chi connectivity index (χ1n) is 3.03. The van der Waals surface area contributed by atoms with Gasteiger partial charge < -0.3 is 4.74 Å². The van der Waals surface area contributed by atoms with Crippen LogP contribution in [0.2, 0.25) is 10.2 Å². The molecule has 0 saturated carbocycles. The summed E-state index contributed by atoms with van der Waals surface area (Å²) < 4.78 is 4.88. The van der Waals surface area contributed by atoms with Gasteiger partial charge in [0.15, 0.2) is 0 Å². The molecule has 0 unspecified atom stereocenters. The molecule has 0 atom stereocenters. The topological polar surface area (TPSA) is 22.1 Å². The lowest BCUT2D eigenvalue weighted by Gasteiger charge is -2.01. The molecule has 0 saturated heterocycles. The van der Waals surface area contributed by atoms with E-state index >= 15 is 0 Å². The fourth-order valence-electron chi connectivity index (χ4n) is 0.721. The zero-order valence-electron chi connectivity index (χ0n) is 5.97. The van der Waals surface area contributed by atoms with Gasteiger partial charge in [-0.1, -0.05) is 23.2 Å². The van der Waals surface area contributed by atoms with Gasteiger partial charge in [-0.2, -0.15) is 0 Å². The Morgan fingerprint density at radius 3 is 2.91 bits per heavy atom. The molecule has 0 fully saturated rings. The Balaban J connectivity index is 2.93. The Labute approximate surface area is 75.1 Å².